The molecule has 0 saturated heterocycles. The number of benzene rings is 2. The summed E-state index contributed by atoms with van der Waals surface area (Å²) >= 11 is 3.34. The molecule has 0 spiro atoms. The molecule has 0 radical (unpaired) electrons. The van der Waals surface area contributed by atoms with E-state index in [2.05, 4.69) is 50.5 Å². The molecule has 28 heavy (non-hydrogen) atoms. The number of alkyl carbamates (subject to hydrolysis) is 1. The molecule has 3 aromatic rings. The molecule has 0 fully saturated rings. The minimum Gasteiger partial charge on any atom is -0.449 e. The number of hydrogen-bond donors (Lipinski definition) is 2. The highest BCUT2D eigenvalue weighted by Gasteiger charge is 2.29. The van der Waals surface area contributed by atoms with Gasteiger partial charge in [-0.2, -0.15) is 0 Å². The van der Waals surface area contributed by atoms with Crippen molar-refractivity contribution in [2.24, 2.45) is 0 Å². The highest BCUT2D eigenvalue weighted by Crippen LogP contribution is 2.44. The van der Waals surface area contributed by atoms with Gasteiger partial charge >= 0.3 is 6.09 Å². The van der Waals surface area contributed by atoms with Crippen LogP contribution in [0, 0.1) is 0 Å². The molecule has 0 aliphatic heterocycles. The topological polar surface area (TPSA) is 71.5 Å². The molecule has 5 nitrogen and oxygen atoms in total. The maximum Gasteiger partial charge on any atom is 0.407 e. The molecule has 1 amide bonds. The number of fused-ring (bicyclic) bond motifs is 3. The first-order valence-electron chi connectivity index (χ1n) is 9.00. The normalized spacial score (nSPS) is 13.5. The molecular weight excluding hydrogens is 420 g/mol. The summed E-state index contributed by atoms with van der Waals surface area (Å²) in [7, 11) is 0. The summed E-state index contributed by atoms with van der Waals surface area (Å²) in [6.07, 6.45) is 2.68. The van der Waals surface area contributed by atoms with E-state index in [0.717, 1.165) is 15.6 Å². The van der Waals surface area contributed by atoms with Crippen molar-refractivity contribution < 1.29 is 14.6 Å². The summed E-state index contributed by atoms with van der Waals surface area (Å²) in [5.74, 6) is -0.00161. The summed E-state index contributed by atoms with van der Waals surface area (Å²) < 4.78 is 6.31. The fourth-order valence-corrected chi connectivity index (χ4v) is 4.02. The number of carbonyl (C=O) groups excluding carboxylic acids is 1. The minimum absolute atomic E-state index is 0.00161. The number of aliphatic hydroxyl groups excluding tert-OH is 1. The number of aliphatic hydroxyl groups is 1. The zero-order valence-electron chi connectivity index (χ0n) is 15.0. The predicted octanol–water partition coefficient (Wildman–Crippen LogP) is 4.42. The third-order valence-electron chi connectivity index (χ3n) is 4.95. The number of rotatable bonds is 5. The van der Waals surface area contributed by atoms with Crippen molar-refractivity contribution in [1.82, 2.24) is 10.3 Å². The Morgan fingerprint density at radius 2 is 1.75 bits per heavy atom. The highest BCUT2D eigenvalue weighted by atomic mass is 79.9. The van der Waals surface area contributed by atoms with Gasteiger partial charge in [-0.15, -0.1) is 0 Å². The van der Waals surface area contributed by atoms with E-state index in [0.29, 0.717) is 5.56 Å². The molecule has 0 bridgehead atoms. The molecule has 142 valence electrons. The Kier molecular flexibility index (Phi) is 5.41. The highest BCUT2D eigenvalue weighted by molar-refractivity contribution is 9.10. The molecule has 2 aromatic carbocycles. The third-order valence-corrected chi connectivity index (χ3v) is 5.38. The van der Waals surface area contributed by atoms with Gasteiger partial charge in [0, 0.05) is 22.8 Å². The van der Waals surface area contributed by atoms with Crippen molar-refractivity contribution in [3.05, 3.63) is 88.2 Å². The number of nitrogens with one attached hydrogen (secondary N) is 1. The van der Waals surface area contributed by atoms with Crippen molar-refractivity contribution in [3.8, 4) is 11.1 Å². The van der Waals surface area contributed by atoms with Gasteiger partial charge in [0.1, 0.15) is 6.61 Å². The number of hydrogen-bond acceptors (Lipinski definition) is 4. The molecule has 1 atom stereocenters. The van der Waals surface area contributed by atoms with Gasteiger partial charge in [0.2, 0.25) is 0 Å². The fourth-order valence-electron chi connectivity index (χ4n) is 3.64. The molecule has 2 N–H and O–H groups in total. The quantitative estimate of drug-likeness (QED) is 0.618. The second-order valence-corrected chi connectivity index (χ2v) is 7.56. The van der Waals surface area contributed by atoms with Crippen LogP contribution in [-0.2, 0) is 4.74 Å². The summed E-state index contributed by atoms with van der Waals surface area (Å²) in [4.78, 5) is 16.4. The van der Waals surface area contributed by atoms with Crippen molar-refractivity contribution in [2.75, 3.05) is 13.2 Å². The number of ether oxygens (including phenoxy) is 1. The van der Waals surface area contributed by atoms with Crippen molar-refractivity contribution in [2.45, 2.75) is 12.0 Å². The van der Waals surface area contributed by atoms with Crippen molar-refractivity contribution in [1.29, 1.82) is 0 Å². The molecule has 6 heteroatoms. The molecule has 1 aliphatic rings. The van der Waals surface area contributed by atoms with E-state index in [-0.39, 0.29) is 19.1 Å². The largest absolute Gasteiger partial charge is 0.449 e. The van der Waals surface area contributed by atoms with Crippen LogP contribution in [0.4, 0.5) is 4.79 Å². The van der Waals surface area contributed by atoms with Crippen LogP contribution in [0.3, 0.4) is 0 Å². The van der Waals surface area contributed by atoms with E-state index in [4.69, 9.17) is 4.74 Å². The lowest BCUT2D eigenvalue weighted by atomic mass is 9.98. The Morgan fingerprint density at radius 3 is 2.36 bits per heavy atom. The number of aromatic nitrogens is 1. The van der Waals surface area contributed by atoms with Crippen LogP contribution in [0.1, 0.15) is 28.7 Å². The Balaban J connectivity index is 1.46. The average Bonchev–Trinajstić information content (AvgIpc) is 3.04. The Hall–Kier alpha value is -2.70. The molecule has 1 heterocycles. The van der Waals surface area contributed by atoms with Crippen LogP contribution in [0.25, 0.3) is 11.1 Å². The van der Waals surface area contributed by atoms with Gasteiger partial charge in [-0.25, -0.2) is 4.79 Å². The molecule has 1 aromatic heterocycles. The fraction of sp³-hybridized carbons (Fsp3) is 0.182. The summed E-state index contributed by atoms with van der Waals surface area (Å²) in [6.45, 7) is -0.0168. The Labute approximate surface area is 171 Å². The monoisotopic (exact) mass is 438 g/mol. The minimum atomic E-state index is -0.583. The van der Waals surface area contributed by atoms with E-state index in [9.17, 15) is 9.90 Å². The second kappa shape index (κ2) is 8.12. The lowest BCUT2D eigenvalue weighted by Gasteiger charge is -2.18. The molecule has 0 unspecified atom stereocenters. The van der Waals surface area contributed by atoms with Crippen LogP contribution in [-0.4, -0.2) is 29.4 Å². The van der Waals surface area contributed by atoms with E-state index in [1.807, 2.05) is 24.3 Å². The van der Waals surface area contributed by atoms with E-state index in [1.165, 1.54) is 11.1 Å². The number of halogens is 1. The Bertz CT molecular complexity index is 963. The first kappa shape index (κ1) is 18.7. The molecular formula is C22H19BrN2O3. The zero-order chi connectivity index (χ0) is 19.5. The first-order chi connectivity index (χ1) is 13.7. The van der Waals surface area contributed by atoms with Gasteiger partial charge in [0.25, 0.3) is 0 Å². The average molecular weight is 439 g/mol. The van der Waals surface area contributed by atoms with Gasteiger partial charge in [0.05, 0.1) is 12.6 Å². The van der Waals surface area contributed by atoms with Crippen LogP contribution < -0.4 is 5.32 Å². The van der Waals surface area contributed by atoms with Gasteiger partial charge in [-0.05, 0) is 49.8 Å². The maximum atomic E-state index is 12.4. The smallest absolute Gasteiger partial charge is 0.407 e. The lowest BCUT2D eigenvalue weighted by molar-refractivity contribution is 0.132. The van der Waals surface area contributed by atoms with Crippen LogP contribution in [0.5, 0.6) is 0 Å². The number of carbonyl (C=O) groups is 1. The summed E-state index contributed by atoms with van der Waals surface area (Å²) in [6, 6.07) is 17.6. The van der Waals surface area contributed by atoms with Gasteiger partial charge in [-0.3, -0.25) is 4.98 Å². The van der Waals surface area contributed by atoms with E-state index >= 15 is 0 Å². The lowest BCUT2D eigenvalue weighted by Crippen LogP contribution is -2.32. The van der Waals surface area contributed by atoms with Crippen molar-refractivity contribution >= 4 is 22.0 Å². The second-order valence-electron chi connectivity index (χ2n) is 6.64. The number of nitrogens with zero attached hydrogens (tertiary/aromatic N) is 1. The van der Waals surface area contributed by atoms with Crippen LogP contribution in [0.15, 0.2) is 71.5 Å². The molecule has 0 saturated carbocycles. The van der Waals surface area contributed by atoms with E-state index < -0.39 is 12.1 Å². The van der Waals surface area contributed by atoms with Crippen LogP contribution >= 0.6 is 15.9 Å². The Morgan fingerprint density at radius 1 is 1.11 bits per heavy atom. The standard InChI is InChI=1S/C22H19BrN2O3/c23-15-9-14(10-24-11-15)21(12-26)25-22(27)28-13-20-18-7-3-1-5-16(18)17-6-2-4-8-19(17)20/h1-11,20-21,26H,12-13H2,(H,25,27)/t21-/m0/s1. The van der Waals surface area contributed by atoms with Gasteiger partial charge in [-0.1, -0.05) is 48.5 Å². The third kappa shape index (κ3) is 3.66. The number of amides is 1. The summed E-state index contributed by atoms with van der Waals surface area (Å²) in [5.41, 5.74) is 5.38. The summed E-state index contributed by atoms with van der Waals surface area (Å²) in [5, 5.41) is 12.4. The van der Waals surface area contributed by atoms with Crippen LogP contribution in [0.2, 0.25) is 0 Å². The van der Waals surface area contributed by atoms with Gasteiger partial charge < -0.3 is 15.2 Å². The predicted molar refractivity (Wildman–Crippen MR) is 110 cm³/mol. The maximum absolute atomic E-state index is 12.4. The first-order valence-corrected chi connectivity index (χ1v) is 9.79. The molecule has 4 rings (SSSR count). The van der Waals surface area contributed by atoms with Gasteiger partial charge in [0.15, 0.2) is 0 Å². The van der Waals surface area contributed by atoms with E-state index in [1.54, 1.807) is 18.5 Å². The van der Waals surface area contributed by atoms with Crippen molar-refractivity contribution in [3.63, 3.8) is 0 Å². The SMILES string of the molecule is O=C(N[C@@H](CO)c1cncc(Br)c1)OCC1c2ccccc2-c2ccccc21. The zero-order valence-corrected chi connectivity index (χ0v) is 16.6. The molecule has 1 aliphatic carbocycles. The number of pyridine rings is 1.